The molecule has 0 aliphatic carbocycles. The average molecular weight is 371 g/mol. The van der Waals surface area contributed by atoms with Gasteiger partial charge in [-0.1, -0.05) is 6.07 Å². The molecule has 1 aliphatic heterocycles. The molecule has 3 heterocycles. The standard InChI is InChI=1S/C20H25N3O4/c1-12-18(13(2)22-19(12)14(3)24)20(25)23-16-7-9-26-11-17(16)27-10-15-6-4-5-8-21-15/h4-6,8,16-17,22H,7,9-11H2,1-3H3,(H,23,25)/t16-,17-/m1/s1. The summed E-state index contributed by atoms with van der Waals surface area (Å²) in [5.41, 5.74) is 3.20. The van der Waals surface area contributed by atoms with Gasteiger partial charge >= 0.3 is 0 Å². The first-order chi connectivity index (χ1) is 13.0. The number of aromatic nitrogens is 2. The van der Waals surface area contributed by atoms with Gasteiger partial charge < -0.3 is 19.8 Å². The van der Waals surface area contributed by atoms with Gasteiger partial charge in [0.1, 0.15) is 6.10 Å². The molecule has 0 spiro atoms. The highest BCUT2D eigenvalue weighted by Crippen LogP contribution is 2.20. The largest absolute Gasteiger partial charge is 0.379 e. The number of rotatable bonds is 6. The number of carbonyl (C=O) groups excluding carboxylic acids is 2. The van der Waals surface area contributed by atoms with E-state index in [1.165, 1.54) is 6.92 Å². The number of nitrogens with one attached hydrogen (secondary N) is 2. The van der Waals surface area contributed by atoms with Crippen molar-refractivity contribution in [1.29, 1.82) is 0 Å². The second-order valence-corrected chi connectivity index (χ2v) is 6.80. The Morgan fingerprint density at radius 3 is 2.85 bits per heavy atom. The summed E-state index contributed by atoms with van der Waals surface area (Å²) >= 11 is 0. The summed E-state index contributed by atoms with van der Waals surface area (Å²) in [7, 11) is 0. The first-order valence-electron chi connectivity index (χ1n) is 9.07. The number of carbonyl (C=O) groups is 2. The Kier molecular flexibility index (Phi) is 6.03. The summed E-state index contributed by atoms with van der Waals surface area (Å²) in [4.78, 5) is 31.8. The molecule has 0 saturated carbocycles. The van der Waals surface area contributed by atoms with Crippen LogP contribution in [-0.4, -0.2) is 47.0 Å². The smallest absolute Gasteiger partial charge is 0.253 e. The van der Waals surface area contributed by atoms with Crippen molar-refractivity contribution in [3.63, 3.8) is 0 Å². The number of amides is 1. The minimum absolute atomic E-state index is 0.0858. The van der Waals surface area contributed by atoms with Crippen LogP contribution in [0.4, 0.5) is 0 Å². The number of H-pyrrole nitrogens is 1. The molecule has 2 atom stereocenters. The lowest BCUT2D eigenvalue weighted by molar-refractivity contribution is -0.0743. The lowest BCUT2D eigenvalue weighted by atomic mass is 10.0. The van der Waals surface area contributed by atoms with Crippen LogP contribution in [0.15, 0.2) is 24.4 Å². The van der Waals surface area contributed by atoms with Gasteiger partial charge in [0, 0.05) is 25.4 Å². The first-order valence-corrected chi connectivity index (χ1v) is 9.07. The number of aromatic amines is 1. The maximum Gasteiger partial charge on any atom is 0.253 e. The number of aryl methyl sites for hydroxylation is 1. The van der Waals surface area contributed by atoms with E-state index in [0.29, 0.717) is 48.8 Å². The normalized spacial score (nSPS) is 19.7. The Morgan fingerprint density at radius 2 is 2.19 bits per heavy atom. The lowest BCUT2D eigenvalue weighted by Gasteiger charge is -2.32. The van der Waals surface area contributed by atoms with Gasteiger partial charge in [-0.15, -0.1) is 0 Å². The second-order valence-electron chi connectivity index (χ2n) is 6.80. The summed E-state index contributed by atoms with van der Waals surface area (Å²) in [5, 5.41) is 3.06. The van der Waals surface area contributed by atoms with Gasteiger partial charge in [-0.2, -0.15) is 0 Å². The molecule has 2 N–H and O–H groups in total. The SMILES string of the molecule is CC(=O)c1[nH]c(C)c(C(=O)N[C@@H]2CCOC[C@H]2OCc2ccccn2)c1C. The van der Waals surface area contributed by atoms with Crippen molar-refractivity contribution in [2.45, 2.75) is 45.9 Å². The maximum absolute atomic E-state index is 12.9. The van der Waals surface area contributed by atoms with E-state index in [-0.39, 0.29) is 23.8 Å². The molecule has 0 aromatic carbocycles. The molecule has 0 radical (unpaired) electrons. The van der Waals surface area contributed by atoms with Gasteiger partial charge in [0.15, 0.2) is 5.78 Å². The second kappa shape index (κ2) is 8.45. The molecule has 2 aromatic rings. The predicted octanol–water partition coefficient (Wildman–Crippen LogP) is 2.33. The maximum atomic E-state index is 12.9. The van der Waals surface area contributed by atoms with Crippen molar-refractivity contribution < 1.29 is 19.1 Å². The van der Waals surface area contributed by atoms with Crippen LogP contribution in [0.3, 0.4) is 0 Å². The van der Waals surface area contributed by atoms with Crippen molar-refractivity contribution in [3.8, 4) is 0 Å². The van der Waals surface area contributed by atoms with Gasteiger partial charge in [-0.3, -0.25) is 14.6 Å². The van der Waals surface area contributed by atoms with Crippen molar-refractivity contribution in [1.82, 2.24) is 15.3 Å². The monoisotopic (exact) mass is 371 g/mol. The molecule has 2 aromatic heterocycles. The van der Waals surface area contributed by atoms with E-state index < -0.39 is 0 Å². The zero-order chi connectivity index (χ0) is 19.4. The van der Waals surface area contributed by atoms with Crippen molar-refractivity contribution in [2.24, 2.45) is 0 Å². The highest BCUT2D eigenvalue weighted by Gasteiger charge is 2.30. The molecule has 7 nitrogen and oxygen atoms in total. The number of ether oxygens (including phenoxy) is 2. The topological polar surface area (TPSA) is 93.3 Å². The molecule has 1 saturated heterocycles. The summed E-state index contributed by atoms with van der Waals surface area (Å²) in [6, 6.07) is 5.50. The third kappa shape index (κ3) is 4.43. The minimum atomic E-state index is -0.253. The summed E-state index contributed by atoms with van der Waals surface area (Å²) in [6.45, 7) is 6.42. The number of pyridine rings is 1. The lowest BCUT2D eigenvalue weighted by Crippen LogP contribution is -2.50. The number of nitrogens with zero attached hydrogens (tertiary/aromatic N) is 1. The Hall–Kier alpha value is -2.51. The van der Waals surface area contributed by atoms with Gasteiger partial charge in [-0.05, 0) is 38.0 Å². The molecule has 0 bridgehead atoms. The Labute approximate surface area is 158 Å². The molecule has 7 heteroatoms. The van der Waals surface area contributed by atoms with E-state index in [1.54, 1.807) is 20.0 Å². The van der Waals surface area contributed by atoms with Gasteiger partial charge in [0.25, 0.3) is 5.91 Å². The molecule has 3 rings (SSSR count). The van der Waals surface area contributed by atoms with Crippen LogP contribution in [0, 0.1) is 13.8 Å². The number of hydrogen-bond donors (Lipinski definition) is 2. The molecular formula is C20H25N3O4. The summed E-state index contributed by atoms with van der Waals surface area (Å²) < 4.78 is 11.5. The fraction of sp³-hybridized carbons (Fsp3) is 0.450. The van der Waals surface area contributed by atoms with Crippen molar-refractivity contribution in [3.05, 3.63) is 52.6 Å². The molecular weight excluding hydrogens is 346 g/mol. The molecule has 1 fully saturated rings. The molecule has 0 unspecified atom stereocenters. The molecule has 1 aliphatic rings. The quantitative estimate of drug-likeness (QED) is 0.760. The molecule has 144 valence electrons. The van der Waals surface area contributed by atoms with Gasteiger partial charge in [0.2, 0.25) is 0 Å². The molecule has 1 amide bonds. The van der Waals surface area contributed by atoms with Gasteiger partial charge in [-0.25, -0.2) is 0 Å². The zero-order valence-electron chi connectivity index (χ0n) is 15.9. The highest BCUT2D eigenvalue weighted by molar-refractivity contribution is 6.02. The van der Waals surface area contributed by atoms with Crippen LogP contribution in [0.1, 0.15) is 51.1 Å². The number of Topliss-reactive ketones (excluding diaryl/α,β-unsaturated/α-hetero) is 1. The molecule has 27 heavy (non-hydrogen) atoms. The minimum Gasteiger partial charge on any atom is -0.379 e. The van der Waals surface area contributed by atoms with E-state index in [2.05, 4.69) is 15.3 Å². The Balaban J connectivity index is 1.69. The van der Waals surface area contributed by atoms with E-state index >= 15 is 0 Å². The zero-order valence-corrected chi connectivity index (χ0v) is 15.9. The first kappa shape index (κ1) is 19.3. The van der Waals surface area contributed by atoms with Crippen LogP contribution in [0.2, 0.25) is 0 Å². The summed E-state index contributed by atoms with van der Waals surface area (Å²) in [6.07, 6.45) is 2.14. The Bertz CT molecular complexity index is 816. The van der Waals surface area contributed by atoms with Crippen LogP contribution < -0.4 is 5.32 Å². The van der Waals surface area contributed by atoms with Crippen LogP contribution in [-0.2, 0) is 16.1 Å². The average Bonchev–Trinajstić information content (AvgIpc) is 2.96. The van der Waals surface area contributed by atoms with E-state index in [4.69, 9.17) is 9.47 Å². The van der Waals surface area contributed by atoms with E-state index in [9.17, 15) is 9.59 Å². The van der Waals surface area contributed by atoms with Crippen LogP contribution in [0.5, 0.6) is 0 Å². The fourth-order valence-corrected chi connectivity index (χ4v) is 3.40. The predicted molar refractivity (Wildman–Crippen MR) is 99.8 cm³/mol. The third-order valence-electron chi connectivity index (χ3n) is 4.81. The highest BCUT2D eigenvalue weighted by atomic mass is 16.5. The van der Waals surface area contributed by atoms with E-state index in [1.807, 2.05) is 18.2 Å². The van der Waals surface area contributed by atoms with Crippen LogP contribution >= 0.6 is 0 Å². The number of ketones is 1. The number of hydrogen-bond acceptors (Lipinski definition) is 5. The van der Waals surface area contributed by atoms with Crippen LogP contribution in [0.25, 0.3) is 0 Å². The Morgan fingerprint density at radius 1 is 1.37 bits per heavy atom. The third-order valence-corrected chi connectivity index (χ3v) is 4.81. The van der Waals surface area contributed by atoms with E-state index in [0.717, 1.165) is 5.69 Å². The summed E-state index contributed by atoms with van der Waals surface area (Å²) in [5.74, 6) is -0.288. The fourth-order valence-electron chi connectivity index (χ4n) is 3.40. The van der Waals surface area contributed by atoms with Gasteiger partial charge in [0.05, 0.1) is 36.2 Å². The van der Waals surface area contributed by atoms with Crippen molar-refractivity contribution >= 4 is 11.7 Å². The van der Waals surface area contributed by atoms with Crippen molar-refractivity contribution in [2.75, 3.05) is 13.2 Å².